The first-order valence-corrected chi connectivity index (χ1v) is 5.38. The van der Waals surface area contributed by atoms with Gasteiger partial charge in [0.2, 0.25) is 0 Å². The summed E-state index contributed by atoms with van der Waals surface area (Å²) in [6.07, 6.45) is -3.51. The van der Waals surface area contributed by atoms with E-state index in [-0.39, 0.29) is 6.54 Å². The molecule has 0 bridgehead atoms. The Morgan fingerprint density at radius 3 is 2.89 bits per heavy atom. The van der Waals surface area contributed by atoms with Crippen LogP contribution in [0.15, 0.2) is 18.5 Å². The summed E-state index contributed by atoms with van der Waals surface area (Å²) in [6, 6.07) is 0.795. The normalized spacial score (nSPS) is 20.7. The van der Waals surface area contributed by atoms with Gasteiger partial charge in [-0.05, 0) is 6.07 Å². The van der Waals surface area contributed by atoms with E-state index in [1.807, 2.05) is 0 Å². The van der Waals surface area contributed by atoms with Crippen molar-refractivity contribution >= 4 is 5.78 Å². The third-order valence-electron chi connectivity index (χ3n) is 2.61. The Hall–Kier alpha value is -1.47. The van der Waals surface area contributed by atoms with E-state index in [1.54, 1.807) is 0 Å². The van der Waals surface area contributed by atoms with Gasteiger partial charge < -0.3 is 10.1 Å². The van der Waals surface area contributed by atoms with Crippen LogP contribution in [-0.2, 0) is 10.9 Å². The van der Waals surface area contributed by atoms with Crippen molar-refractivity contribution in [2.75, 3.05) is 19.7 Å². The minimum absolute atomic E-state index is 0.213. The molecule has 1 unspecified atom stereocenters. The number of Topliss-reactive ketones (excluding diaryl/α,β-unsaturated/α-hetero) is 1. The lowest BCUT2D eigenvalue weighted by atomic mass is 10.0. The lowest BCUT2D eigenvalue weighted by Gasteiger charge is -2.23. The fraction of sp³-hybridized carbons (Fsp3) is 0.455. The summed E-state index contributed by atoms with van der Waals surface area (Å²) in [5, 5.41) is 2.90. The smallest absolute Gasteiger partial charge is 0.367 e. The zero-order valence-corrected chi connectivity index (χ0v) is 9.33. The number of halogens is 3. The Kier molecular flexibility index (Phi) is 3.63. The van der Waals surface area contributed by atoms with E-state index in [0.717, 1.165) is 18.5 Å². The SMILES string of the molecule is O=C(c1cnccc1C(F)(F)F)C1CNCCO1. The summed E-state index contributed by atoms with van der Waals surface area (Å²) in [5.74, 6) is -0.692. The van der Waals surface area contributed by atoms with Crippen LogP contribution >= 0.6 is 0 Å². The molecule has 2 rings (SSSR count). The second-order valence-electron chi connectivity index (χ2n) is 3.85. The quantitative estimate of drug-likeness (QED) is 0.814. The van der Waals surface area contributed by atoms with Crippen molar-refractivity contribution in [2.24, 2.45) is 0 Å². The number of nitrogens with zero attached hydrogens (tertiary/aromatic N) is 1. The van der Waals surface area contributed by atoms with Crippen LogP contribution in [0.3, 0.4) is 0 Å². The van der Waals surface area contributed by atoms with Gasteiger partial charge in [-0.25, -0.2) is 0 Å². The number of nitrogens with one attached hydrogen (secondary N) is 1. The van der Waals surface area contributed by atoms with Crippen LogP contribution in [0.4, 0.5) is 13.2 Å². The van der Waals surface area contributed by atoms with Crippen molar-refractivity contribution in [3.05, 3.63) is 29.6 Å². The first kappa shape index (κ1) is 13.0. The van der Waals surface area contributed by atoms with Crippen molar-refractivity contribution in [2.45, 2.75) is 12.3 Å². The number of carbonyl (C=O) groups excluding carboxylic acids is 1. The summed E-state index contributed by atoms with van der Waals surface area (Å²) >= 11 is 0. The minimum Gasteiger partial charge on any atom is -0.367 e. The standard InChI is InChI=1S/C11H11F3N2O2/c12-11(13,14)8-1-2-15-5-7(8)10(17)9-6-16-3-4-18-9/h1-2,5,9,16H,3-4,6H2. The van der Waals surface area contributed by atoms with Gasteiger partial charge in [-0.2, -0.15) is 13.2 Å². The summed E-state index contributed by atoms with van der Waals surface area (Å²) in [4.78, 5) is 15.5. The van der Waals surface area contributed by atoms with Gasteiger partial charge in [0.1, 0.15) is 6.10 Å². The first-order valence-electron chi connectivity index (χ1n) is 5.38. The highest BCUT2D eigenvalue weighted by Gasteiger charge is 2.37. The molecule has 1 aliphatic heterocycles. The molecule has 0 radical (unpaired) electrons. The van der Waals surface area contributed by atoms with Gasteiger partial charge in [-0.1, -0.05) is 0 Å². The van der Waals surface area contributed by atoms with Gasteiger partial charge in [-0.15, -0.1) is 0 Å². The van der Waals surface area contributed by atoms with Crippen LogP contribution in [0.1, 0.15) is 15.9 Å². The lowest BCUT2D eigenvalue weighted by molar-refractivity contribution is -0.138. The maximum Gasteiger partial charge on any atom is 0.417 e. The number of hydrogen-bond acceptors (Lipinski definition) is 4. The van der Waals surface area contributed by atoms with E-state index in [1.165, 1.54) is 0 Å². The number of hydrogen-bond donors (Lipinski definition) is 1. The molecule has 0 aromatic carbocycles. The first-order chi connectivity index (χ1) is 8.50. The lowest BCUT2D eigenvalue weighted by Crippen LogP contribution is -2.43. The number of carbonyl (C=O) groups is 1. The minimum atomic E-state index is -4.57. The van der Waals surface area contributed by atoms with Crippen LogP contribution in [0.2, 0.25) is 0 Å². The van der Waals surface area contributed by atoms with E-state index >= 15 is 0 Å². The van der Waals surface area contributed by atoms with Gasteiger partial charge in [0.05, 0.1) is 17.7 Å². The van der Waals surface area contributed by atoms with Crippen LogP contribution in [-0.4, -0.2) is 36.6 Å². The fourth-order valence-electron chi connectivity index (χ4n) is 1.75. The van der Waals surface area contributed by atoms with E-state index < -0.39 is 29.2 Å². The second kappa shape index (κ2) is 5.03. The molecule has 0 amide bonds. The maximum absolute atomic E-state index is 12.7. The van der Waals surface area contributed by atoms with Gasteiger partial charge >= 0.3 is 6.18 Å². The van der Waals surface area contributed by atoms with E-state index in [0.29, 0.717) is 13.2 Å². The molecular formula is C11H11F3N2O2. The molecule has 2 heterocycles. The molecule has 0 aliphatic carbocycles. The number of aromatic nitrogens is 1. The van der Waals surface area contributed by atoms with Crippen LogP contribution in [0.5, 0.6) is 0 Å². The highest BCUT2D eigenvalue weighted by Crippen LogP contribution is 2.32. The maximum atomic E-state index is 12.7. The fourth-order valence-corrected chi connectivity index (χ4v) is 1.75. The van der Waals surface area contributed by atoms with Crippen molar-refractivity contribution in [1.29, 1.82) is 0 Å². The van der Waals surface area contributed by atoms with Crippen LogP contribution in [0, 0.1) is 0 Å². The number of rotatable bonds is 2. The predicted octanol–water partition coefficient (Wildman–Crippen LogP) is 1.27. The van der Waals surface area contributed by atoms with Crippen molar-refractivity contribution in [3.8, 4) is 0 Å². The van der Waals surface area contributed by atoms with E-state index in [2.05, 4.69) is 10.3 Å². The number of morpholine rings is 1. The molecule has 98 valence electrons. The predicted molar refractivity (Wildman–Crippen MR) is 56.2 cm³/mol. The zero-order chi connectivity index (χ0) is 13.2. The summed E-state index contributed by atoms with van der Waals surface area (Å²) < 4.78 is 43.4. The molecule has 1 N–H and O–H groups in total. The summed E-state index contributed by atoms with van der Waals surface area (Å²) in [5.41, 5.74) is -1.42. The van der Waals surface area contributed by atoms with Crippen molar-refractivity contribution in [3.63, 3.8) is 0 Å². The third kappa shape index (κ3) is 2.68. The molecule has 1 atom stereocenters. The number of ketones is 1. The summed E-state index contributed by atoms with van der Waals surface area (Å²) in [7, 11) is 0. The molecule has 4 nitrogen and oxygen atoms in total. The third-order valence-corrected chi connectivity index (χ3v) is 2.61. The zero-order valence-electron chi connectivity index (χ0n) is 9.33. The monoisotopic (exact) mass is 260 g/mol. The highest BCUT2D eigenvalue weighted by atomic mass is 19.4. The highest BCUT2D eigenvalue weighted by molar-refractivity contribution is 6.00. The molecule has 18 heavy (non-hydrogen) atoms. The Morgan fingerprint density at radius 2 is 2.28 bits per heavy atom. The Bertz CT molecular complexity index is 442. The molecule has 1 aromatic heterocycles. The van der Waals surface area contributed by atoms with Gasteiger partial charge in [0, 0.05) is 25.5 Å². The largest absolute Gasteiger partial charge is 0.417 e. The molecule has 1 fully saturated rings. The topological polar surface area (TPSA) is 51.2 Å². The van der Waals surface area contributed by atoms with Crippen LogP contribution < -0.4 is 5.32 Å². The van der Waals surface area contributed by atoms with Crippen molar-refractivity contribution in [1.82, 2.24) is 10.3 Å². The Labute approximate surface area is 101 Å². The molecule has 0 saturated carbocycles. The van der Waals surface area contributed by atoms with Gasteiger partial charge in [0.25, 0.3) is 0 Å². The molecule has 1 aliphatic rings. The molecular weight excluding hydrogens is 249 g/mol. The average molecular weight is 260 g/mol. The van der Waals surface area contributed by atoms with E-state index in [9.17, 15) is 18.0 Å². The molecule has 1 aromatic rings. The summed E-state index contributed by atoms with van der Waals surface area (Å²) in [6.45, 7) is 1.10. The number of alkyl halides is 3. The molecule has 7 heteroatoms. The van der Waals surface area contributed by atoms with E-state index in [4.69, 9.17) is 4.74 Å². The van der Waals surface area contributed by atoms with Gasteiger partial charge in [0.15, 0.2) is 5.78 Å². The average Bonchev–Trinajstić information content (AvgIpc) is 2.38. The van der Waals surface area contributed by atoms with Crippen LogP contribution in [0.25, 0.3) is 0 Å². The van der Waals surface area contributed by atoms with Crippen molar-refractivity contribution < 1.29 is 22.7 Å². The molecule has 0 spiro atoms. The van der Waals surface area contributed by atoms with Gasteiger partial charge in [-0.3, -0.25) is 9.78 Å². The number of ether oxygens (including phenoxy) is 1. The Morgan fingerprint density at radius 1 is 1.50 bits per heavy atom. The Balaban J connectivity index is 2.30. The number of pyridine rings is 1. The second-order valence-corrected chi connectivity index (χ2v) is 3.85. The molecule has 1 saturated heterocycles.